The van der Waals surface area contributed by atoms with Crippen LogP contribution in [-0.2, 0) is 6.54 Å². The minimum Gasteiger partial charge on any atom is -0.497 e. The van der Waals surface area contributed by atoms with Gasteiger partial charge in [0.1, 0.15) is 11.5 Å². The number of likely N-dealkylation sites (tertiary alicyclic amines) is 1. The molecule has 6 nitrogen and oxygen atoms in total. The van der Waals surface area contributed by atoms with Gasteiger partial charge in [-0.1, -0.05) is 18.6 Å². The van der Waals surface area contributed by atoms with E-state index in [9.17, 15) is 0 Å². The highest BCUT2D eigenvalue weighted by atomic mass is 16.5. The van der Waals surface area contributed by atoms with Gasteiger partial charge in [0.05, 0.1) is 26.0 Å². The van der Waals surface area contributed by atoms with Gasteiger partial charge >= 0.3 is 0 Å². The van der Waals surface area contributed by atoms with E-state index in [0.29, 0.717) is 6.54 Å². The number of piperidine rings is 1. The quantitative estimate of drug-likeness (QED) is 0.538. The van der Waals surface area contributed by atoms with Crippen LogP contribution in [0.1, 0.15) is 43.6 Å². The van der Waals surface area contributed by atoms with Gasteiger partial charge in [0.2, 0.25) is 0 Å². The van der Waals surface area contributed by atoms with Crippen LogP contribution in [0.25, 0.3) is 0 Å². The summed E-state index contributed by atoms with van der Waals surface area (Å²) in [7, 11) is 1.68. The van der Waals surface area contributed by atoms with Gasteiger partial charge in [-0.25, -0.2) is 4.99 Å². The molecule has 2 aromatic rings. The molecule has 0 spiro atoms. The Morgan fingerprint density at radius 1 is 1.18 bits per heavy atom. The zero-order valence-corrected chi connectivity index (χ0v) is 17.0. The van der Waals surface area contributed by atoms with Crippen molar-refractivity contribution < 1.29 is 9.15 Å². The summed E-state index contributed by atoms with van der Waals surface area (Å²) < 4.78 is 11.0. The number of aliphatic imine (C=N–C) groups is 1. The molecule has 28 heavy (non-hydrogen) atoms. The highest BCUT2D eigenvalue weighted by molar-refractivity contribution is 5.79. The van der Waals surface area contributed by atoms with E-state index in [1.165, 1.54) is 19.3 Å². The predicted molar refractivity (Wildman–Crippen MR) is 113 cm³/mol. The van der Waals surface area contributed by atoms with Gasteiger partial charge in [-0.05, 0) is 62.7 Å². The number of hydrogen-bond acceptors (Lipinski definition) is 4. The molecule has 1 atom stereocenters. The van der Waals surface area contributed by atoms with E-state index in [1.54, 1.807) is 13.4 Å². The number of furan rings is 1. The van der Waals surface area contributed by atoms with Gasteiger partial charge in [0.25, 0.3) is 0 Å². The zero-order valence-electron chi connectivity index (χ0n) is 17.0. The summed E-state index contributed by atoms with van der Waals surface area (Å²) in [6.45, 7) is 6.49. The van der Waals surface area contributed by atoms with Crippen molar-refractivity contribution in [2.75, 3.05) is 33.3 Å². The Hall–Kier alpha value is -2.47. The van der Waals surface area contributed by atoms with Crippen molar-refractivity contribution in [2.45, 2.75) is 38.8 Å². The lowest BCUT2D eigenvalue weighted by molar-refractivity contribution is 0.146. The van der Waals surface area contributed by atoms with Crippen molar-refractivity contribution >= 4 is 5.96 Å². The van der Waals surface area contributed by atoms with Crippen LogP contribution < -0.4 is 15.4 Å². The normalized spacial score (nSPS) is 16.6. The maximum atomic E-state index is 5.74. The van der Waals surface area contributed by atoms with Crippen LogP contribution in [0.3, 0.4) is 0 Å². The fourth-order valence-electron chi connectivity index (χ4n) is 3.60. The van der Waals surface area contributed by atoms with Crippen LogP contribution in [0.2, 0.25) is 0 Å². The molecule has 1 aliphatic heterocycles. The number of nitrogens with one attached hydrogen (secondary N) is 2. The number of ether oxygens (including phenoxy) is 1. The van der Waals surface area contributed by atoms with Gasteiger partial charge in [-0.2, -0.15) is 0 Å². The van der Waals surface area contributed by atoms with Crippen LogP contribution >= 0.6 is 0 Å². The van der Waals surface area contributed by atoms with Crippen molar-refractivity contribution in [3.63, 3.8) is 0 Å². The lowest BCUT2D eigenvalue weighted by Gasteiger charge is -2.33. The zero-order chi connectivity index (χ0) is 19.6. The first-order chi connectivity index (χ1) is 13.8. The third-order valence-corrected chi connectivity index (χ3v) is 5.06. The monoisotopic (exact) mass is 384 g/mol. The second kappa shape index (κ2) is 10.8. The Bertz CT molecular complexity index is 724. The molecule has 0 amide bonds. The highest BCUT2D eigenvalue weighted by Gasteiger charge is 2.24. The molecule has 6 heteroatoms. The van der Waals surface area contributed by atoms with Crippen molar-refractivity contribution in [1.82, 2.24) is 15.5 Å². The number of guanidine groups is 1. The molecule has 1 aromatic heterocycles. The Balaban J connectivity index is 1.65. The standard InChI is InChI=1S/C22H32N4O2/c1-3-23-22(24-16-18-9-7-10-19(15-18)27-2)25-17-20(21-11-8-14-28-21)26-12-5-4-6-13-26/h7-11,14-15,20H,3-6,12-13,16-17H2,1-2H3,(H2,23,24,25). The molecular formula is C22H32N4O2. The second-order valence-corrected chi connectivity index (χ2v) is 7.06. The third-order valence-electron chi connectivity index (χ3n) is 5.06. The molecule has 0 saturated carbocycles. The molecule has 3 rings (SSSR count). The maximum absolute atomic E-state index is 5.74. The van der Waals surface area contributed by atoms with E-state index >= 15 is 0 Å². The van der Waals surface area contributed by atoms with Crippen LogP contribution in [-0.4, -0.2) is 44.1 Å². The molecule has 1 unspecified atom stereocenters. The van der Waals surface area contributed by atoms with Gasteiger partial charge in [0.15, 0.2) is 5.96 Å². The van der Waals surface area contributed by atoms with Crippen LogP contribution in [0.15, 0.2) is 52.1 Å². The Morgan fingerprint density at radius 3 is 2.75 bits per heavy atom. The Kier molecular flexibility index (Phi) is 7.79. The van der Waals surface area contributed by atoms with Gasteiger partial charge in [-0.3, -0.25) is 4.90 Å². The van der Waals surface area contributed by atoms with Crippen LogP contribution in [0, 0.1) is 0 Å². The topological polar surface area (TPSA) is 62.0 Å². The van der Waals surface area contributed by atoms with Crippen molar-refractivity contribution in [3.05, 3.63) is 54.0 Å². The molecule has 0 bridgehead atoms. The minimum absolute atomic E-state index is 0.218. The molecule has 1 aromatic carbocycles. The van der Waals surface area contributed by atoms with Crippen molar-refractivity contribution in [3.8, 4) is 5.75 Å². The third kappa shape index (κ3) is 5.76. The summed E-state index contributed by atoms with van der Waals surface area (Å²) in [6.07, 6.45) is 5.58. The number of nitrogens with zero attached hydrogens (tertiary/aromatic N) is 2. The summed E-state index contributed by atoms with van der Waals surface area (Å²) in [6, 6.07) is 12.3. The first-order valence-corrected chi connectivity index (χ1v) is 10.2. The smallest absolute Gasteiger partial charge is 0.191 e. The number of hydrogen-bond donors (Lipinski definition) is 2. The van der Waals surface area contributed by atoms with E-state index in [-0.39, 0.29) is 6.04 Å². The molecule has 0 aliphatic carbocycles. The molecule has 1 saturated heterocycles. The SMILES string of the molecule is CCNC(=NCc1cccc(OC)c1)NCC(c1ccco1)N1CCCCC1. The number of methoxy groups -OCH3 is 1. The van der Waals surface area contributed by atoms with Gasteiger partial charge in [0, 0.05) is 13.1 Å². The maximum Gasteiger partial charge on any atom is 0.191 e. The second-order valence-electron chi connectivity index (χ2n) is 7.06. The van der Waals surface area contributed by atoms with Crippen LogP contribution in [0.4, 0.5) is 0 Å². The Labute approximate surface area is 168 Å². The lowest BCUT2D eigenvalue weighted by atomic mass is 10.1. The number of benzene rings is 1. The molecule has 2 heterocycles. The van der Waals surface area contributed by atoms with E-state index < -0.39 is 0 Å². The van der Waals surface area contributed by atoms with Gasteiger partial charge < -0.3 is 19.8 Å². The molecule has 0 radical (unpaired) electrons. The average Bonchev–Trinajstić information content (AvgIpc) is 3.27. The van der Waals surface area contributed by atoms with E-state index in [0.717, 1.165) is 49.2 Å². The summed E-state index contributed by atoms with van der Waals surface area (Å²) in [5.74, 6) is 2.69. The van der Waals surface area contributed by atoms with Gasteiger partial charge in [-0.15, -0.1) is 0 Å². The molecule has 152 valence electrons. The summed E-state index contributed by atoms with van der Waals surface area (Å²) in [5, 5.41) is 6.85. The molecule has 2 N–H and O–H groups in total. The van der Waals surface area contributed by atoms with E-state index in [2.05, 4.69) is 34.6 Å². The van der Waals surface area contributed by atoms with Crippen molar-refractivity contribution in [1.29, 1.82) is 0 Å². The minimum atomic E-state index is 0.218. The summed E-state index contributed by atoms with van der Waals surface area (Å²) in [4.78, 5) is 7.26. The summed E-state index contributed by atoms with van der Waals surface area (Å²) in [5.41, 5.74) is 1.12. The highest BCUT2D eigenvalue weighted by Crippen LogP contribution is 2.24. The van der Waals surface area contributed by atoms with Crippen LogP contribution in [0.5, 0.6) is 5.75 Å². The molecule has 1 aliphatic rings. The van der Waals surface area contributed by atoms with E-state index in [4.69, 9.17) is 14.1 Å². The largest absolute Gasteiger partial charge is 0.497 e. The average molecular weight is 385 g/mol. The molecular weight excluding hydrogens is 352 g/mol. The van der Waals surface area contributed by atoms with Crippen molar-refractivity contribution in [2.24, 2.45) is 4.99 Å². The summed E-state index contributed by atoms with van der Waals surface area (Å²) >= 11 is 0. The molecule has 1 fully saturated rings. The fourth-order valence-corrected chi connectivity index (χ4v) is 3.60. The Morgan fingerprint density at radius 2 is 2.04 bits per heavy atom. The number of rotatable bonds is 8. The first kappa shape index (κ1) is 20.3. The first-order valence-electron chi connectivity index (χ1n) is 10.2. The lowest BCUT2D eigenvalue weighted by Crippen LogP contribution is -2.44. The predicted octanol–water partition coefficient (Wildman–Crippen LogP) is 3.57. The fraction of sp³-hybridized carbons (Fsp3) is 0.500. The van der Waals surface area contributed by atoms with E-state index in [1.807, 2.05) is 24.3 Å².